The Morgan fingerprint density at radius 1 is 1.03 bits per heavy atom. The zero-order valence-corrected chi connectivity index (χ0v) is 16.9. The molecule has 0 aliphatic carbocycles. The molecule has 0 radical (unpaired) electrons. The van der Waals surface area contributed by atoms with Gasteiger partial charge in [-0.3, -0.25) is 14.6 Å². The molecule has 3 aromatic carbocycles. The molecule has 0 aromatic heterocycles. The van der Waals surface area contributed by atoms with Crippen LogP contribution in [-0.4, -0.2) is 30.1 Å². The van der Waals surface area contributed by atoms with Gasteiger partial charge in [-0.25, -0.2) is 4.39 Å². The van der Waals surface area contributed by atoms with Gasteiger partial charge in [-0.1, -0.05) is 42.5 Å². The quantitative estimate of drug-likeness (QED) is 0.504. The average molecular weight is 416 g/mol. The Labute approximate surface area is 179 Å². The van der Waals surface area contributed by atoms with Crippen molar-refractivity contribution in [2.75, 3.05) is 17.2 Å². The average Bonchev–Trinajstić information content (AvgIpc) is 2.85. The fourth-order valence-electron chi connectivity index (χ4n) is 3.75. The third kappa shape index (κ3) is 3.71. The van der Waals surface area contributed by atoms with Crippen LogP contribution in [-0.2, 0) is 4.79 Å². The highest BCUT2D eigenvalue weighted by Gasteiger charge is 2.33. The molecular weight excluding hydrogens is 395 g/mol. The molecule has 4 N–H and O–H groups in total. The van der Waals surface area contributed by atoms with Crippen LogP contribution in [0.1, 0.15) is 27.0 Å². The SMILES string of the molecule is Cc1cccc2c1N(CC(=O)c1ccccc1N)C(=O)C(N)N=C2c1ccccc1F. The van der Waals surface area contributed by atoms with Crippen molar-refractivity contribution in [1.29, 1.82) is 0 Å². The van der Waals surface area contributed by atoms with Gasteiger partial charge in [0.05, 0.1) is 17.9 Å². The Morgan fingerprint density at radius 3 is 2.45 bits per heavy atom. The zero-order valence-electron chi connectivity index (χ0n) is 16.9. The number of rotatable bonds is 4. The van der Waals surface area contributed by atoms with Crippen molar-refractivity contribution in [3.05, 3.63) is 94.8 Å². The first-order chi connectivity index (χ1) is 14.9. The minimum absolute atomic E-state index is 0.234. The molecule has 1 unspecified atom stereocenters. The van der Waals surface area contributed by atoms with Gasteiger partial charge >= 0.3 is 0 Å². The van der Waals surface area contributed by atoms with Crippen LogP contribution < -0.4 is 16.4 Å². The summed E-state index contributed by atoms with van der Waals surface area (Å²) in [5, 5.41) is 0. The number of aliphatic imine (C=N–C) groups is 1. The van der Waals surface area contributed by atoms with Crippen molar-refractivity contribution in [2.24, 2.45) is 10.7 Å². The van der Waals surface area contributed by atoms with Gasteiger partial charge in [0.15, 0.2) is 11.9 Å². The number of benzodiazepines with no additional fused rings is 1. The lowest BCUT2D eigenvalue weighted by molar-refractivity contribution is -0.119. The van der Waals surface area contributed by atoms with Gasteiger partial charge < -0.3 is 16.4 Å². The van der Waals surface area contributed by atoms with Crippen LogP contribution in [0, 0.1) is 12.7 Å². The number of hydrogen-bond donors (Lipinski definition) is 2. The first-order valence-corrected chi connectivity index (χ1v) is 9.76. The minimum atomic E-state index is -1.29. The summed E-state index contributed by atoms with van der Waals surface area (Å²) in [4.78, 5) is 31.9. The van der Waals surface area contributed by atoms with E-state index < -0.39 is 17.9 Å². The summed E-state index contributed by atoms with van der Waals surface area (Å²) in [6.07, 6.45) is -1.29. The van der Waals surface area contributed by atoms with Crippen LogP contribution in [0.15, 0.2) is 71.7 Å². The van der Waals surface area contributed by atoms with Crippen molar-refractivity contribution >= 4 is 28.8 Å². The molecule has 0 fully saturated rings. The number of fused-ring (bicyclic) bond motifs is 1. The molecule has 1 heterocycles. The second-order valence-corrected chi connectivity index (χ2v) is 7.31. The number of ketones is 1. The largest absolute Gasteiger partial charge is 0.398 e. The van der Waals surface area contributed by atoms with E-state index in [1.165, 1.54) is 11.0 Å². The molecule has 0 bridgehead atoms. The molecule has 156 valence electrons. The van der Waals surface area contributed by atoms with E-state index >= 15 is 0 Å². The van der Waals surface area contributed by atoms with E-state index in [9.17, 15) is 14.0 Å². The first-order valence-electron chi connectivity index (χ1n) is 9.76. The van der Waals surface area contributed by atoms with Crippen molar-refractivity contribution in [2.45, 2.75) is 13.1 Å². The number of benzene rings is 3. The van der Waals surface area contributed by atoms with Gasteiger partial charge in [0.25, 0.3) is 5.91 Å². The van der Waals surface area contributed by atoms with Gasteiger partial charge in [0.1, 0.15) is 5.82 Å². The first kappa shape index (κ1) is 20.4. The topological polar surface area (TPSA) is 102 Å². The Kier molecular flexibility index (Phi) is 5.35. The molecule has 1 aliphatic heterocycles. The maximum absolute atomic E-state index is 14.6. The molecular formula is C24H21FN4O2. The van der Waals surface area contributed by atoms with E-state index in [1.807, 2.05) is 13.0 Å². The number of halogens is 1. The summed E-state index contributed by atoms with van der Waals surface area (Å²) < 4.78 is 14.6. The van der Waals surface area contributed by atoms with Gasteiger partial charge in [-0.2, -0.15) is 0 Å². The van der Waals surface area contributed by atoms with Gasteiger partial charge in [-0.15, -0.1) is 0 Å². The maximum Gasteiger partial charge on any atom is 0.266 e. The molecule has 6 nitrogen and oxygen atoms in total. The monoisotopic (exact) mass is 416 g/mol. The Bertz CT molecular complexity index is 1220. The lowest BCUT2D eigenvalue weighted by Gasteiger charge is -2.25. The minimum Gasteiger partial charge on any atom is -0.398 e. The second kappa shape index (κ2) is 8.12. The van der Waals surface area contributed by atoms with Gasteiger partial charge in [-0.05, 0) is 36.8 Å². The predicted molar refractivity (Wildman–Crippen MR) is 119 cm³/mol. The highest BCUT2D eigenvalue weighted by Crippen LogP contribution is 2.32. The van der Waals surface area contributed by atoms with Crippen LogP contribution >= 0.6 is 0 Å². The molecule has 3 aromatic rings. The maximum atomic E-state index is 14.6. The number of carbonyl (C=O) groups is 2. The number of nitrogens with zero attached hydrogens (tertiary/aromatic N) is 2. The fourth-order valence-corrected chi connectivity index (χ4v) is 3.75. The van der Waals surface area contributed by atoms with Gasteiger partial charge in [0, 0.05) is 22.4 Å². The smallest absolute Gasteiger partial charge is 0.266 e. The molecule has 0 saturated carbocycles. The molecule has 0 spiro atoms. The Hall–Kier alpha value is -3.84. The summed E-state index contributed by atoms with van der Waals surface area (Å²) in [6, 6.07) is 18.2. The number of aryl methyl sites for hydroxylation is 1. The number of para-hydroxylation sites is 2. The van der Waals surface area contributed by atoms with Crippen molar-refractivity contribution < 1.29 is 14.0 Å². The van der Waals surface area contributed by atoms with E-state index in [4.69, 9.17) is 11.5 Å². The molecule has 1 atom stereocenters. The third-order valence-electron chi connectivity index (χ3n) is 5.24. The number of carbonyl (C=O) groups excluding carboxylic acids is 2. The number of Topliss-reactive ketones (excluding diaryl/α,β-unsaturated/α-hetero) is 1. The molecule has 1 aliphatic rings. The molecule has 31 heavy (non-hydrogen) atoms. The fraction of sp³-hybridized carbons (Fsp3) is 0.125. The lowest BCUT2D eigenvalue weighted by atomic mass is 9.97. The number of anilines is 2. The highest BCUT2D eigenvalue weighted by molar-refractivity contribution is 6.21. The van der Waals surface area contributed by atoms with E-state index in [1.54, 1.807) is 54.6 Å². The van der Waals surface area contributed by atoms with E-state index in [0.29, 0.717) is 22.5 Å². The van der Waals surface area contributed by atoms with Crippen LogP contribution in [0.5, 0.6) is 0 Å². The number of nitrogens with two attached hydrogens (primary N) is 2. The van der Waals surface area contributed by atoms with Crippen molar-refractivity contribution in [3.63, 3.8) is 0 Å². The number of amides is 1. The second-order valence-electron chi connectivity index (χ2n) is 7.31. The molecule has 0 saturated heterocycles. The lowest BCUT2D eigenvalue weighted by Crippen LogP contribution is -2.45. The molecule has 1 amide bonds. The van der Waals surface area contributed by atoms with Crippen molar-refractivity contribution in [1.82, 2.24) is 0 Å². The molecule has 4 rings (SSSR count). The third-order valence-corrected chi connectivity index (χ3v) is 5.24. The zero-order chi connectivity index (χ0) is 22.1. The summed E-state index contributed by atoms with van der Waals surface area (Å²) in [7, 11) is 0. The standard InChI is InChI=1S/C24H21FN4O2/c1-14-7-6-10-17-21(15-8-2-4-11-18(15)25)28-23(27)24(31)29(22(14)17)13-20(30)16-9-3-5-12-19(16)26/h2-12,23H,13,26-27H2,1H3. The van der Waals surface area contributed by atoms with Crippen molar-refractivity contribution in [3.8, 4) is 0 Å². The van der Waals surface area contributed by atoms with Crippen LogP contribution in [0.25, 0.3) is 0 Å². The summed E-state index contributed by atoms with van der Waals surface area (Å²) in [5.74, 6) is -1.36. The van der Waals surface area contributed by atoms with Crippen LogP contribution in [0.3, 0.4) is 0 Å². The van der Waals surface area contributed by atoms with Crippen LogP contribution in [0.4, 0.5) is 15.8 Å². The number of hydrogen-bond acceptors (Lipinski definition) is 5. The molecule has 7 heteroatoms. The predicted octanol–water partition coefficient (Wildman–Crippen LogP) is 3.07. The number of nitrogen functional groups attached to an aromatic ring is 1. The Balaban J connectivity index is 1.85. The summed E-state index contributed by atoms with van der Waals surface area (Å²) in [5.41, 5.74) is 14.9. The van der Waals surface area contributed by atoms with Crippen LogP contribution in [0.2, 0.25) is 0 Å². The van der Waals surface area contributed by atoms with E-state index in [2.05, 4.69) is 4.99 Å². The van der Waals surface area contributed by atoms with E-state index in [-0.39, 0.29) is 23.6 Å². The summed E-state index contributed by atoms with van der Waals surface area (Å²) >= 11 is 0. The highest BCUT2D eigenvalue weighted by atomic mass is 19.1. The van der Waals surface area contributed by atoms with Gasteiger partial charge in [0.2, 0.25) is 0 Å². The normalized spacial score (nSPS) is 15.8. The summed E-state index contributed by atoms with van der Waals surface area (Å²) in [6.45, 7) is 1.55. The Morgan fingerprint density at radius 2 is 1.71 bits per heavy atom. The van der Waals surface area contributed by atoms with E-state index in [0.717, 1.165) is 5.56 Å².